The van der Waals surface area contributed by atoms with Crippen LogP contribution in [0.1, 0.15) is 18.6 Å². The molecule has 30 heavy (non-hydrogen) atoms. The maximum atomic E-state index is 12.6. The van der Waals surface area contributed by atoms with Crippen LogP contribution >= 0.6 is 11.3 Å². The largest absolute Gasteiger partial charge is 0.458 e. The maximum absolute atomic E-state index is 12.6. The van der Waals surface area contributed by atoms with E-state index < -0.39 is 0 Å². The van der Waals surface area contributed by atoms with E-state index in [1.54, 1.807) is 12.3 Å². The van der Waals surface area contributed by atoms with E-state index >= 15 is 0 Å². The van der Waals surface area contributed by atoms with Crippen LogP contribution in [0, 0.1) is 6.92 Å². The van der Waals surface area contributed by atoms with Crippen LogP contribution in [0.5, 0.6) is 0 Å². The molecule has 1 aliphatic rings. The molecule has 1 amide bonds. The Bertz CT molecular complexity index is 987. The smallest absolute Gasteiger partial charge is 0.226 e. The number of furan rings is 1. The maximum Gasteiger partial charge on any atom is 0.226 e. The molecule has 4 rings (SSSR count). The minimum absolute atomic E-state index is 0.0574. The molecule has 158 valence electrons. The van der Waals surface area contributed by atoms with Crippen LogP contribution in [0.3, 0.4) is 0 Å². The summed E-state index contributed by atoms with van der Waals surface area (Å²) >= 11 is 1.49. The highest BCUT2D eigenvalue weighted by Crippen LogP contribution is 2.26. The third kappa shape index (κ3) is 5.29. The Kier molecular flexibility index (Phi) is 6.51. The summed E-state index contributed by atoms with van der Waals surface area (Å²) < 4.78 is 5.68. The lowest BCUT2D eigenvalue weighted by Crippen LogP contribution is -2.31. The summed E-state index contributed by atoms with van der Waals surface area (Å²) in [5.74, 6) is 2.18. The van der Waals surface area contributed by atoms with Crippen molar-refractivity contribution in [1.29, 1.82) is 0 Å². The summed E-state index contributed by atoms with van der Waals surface area (Å²) in [5.41, 5.74) is 0.662. The van der Waals surface area contributed by atoms with Crippen LogP contribution in [0.15, 0.2) is 34.2 Å². The Hall–Kier alpha value is -2.62. The number of rotatable bonds is 6. The number of nitrogens with one attached hydrogen (secondary N) is 1. The monoisotopic (exact) mass is 426 g/mol. The van der Waals surface area contributed by atoms with Gasteiger partial charge in [-0.2, -0.15) is 0 Å². The number of anilines is 1. The van der Waals surface area contributed by atoms with E-state index in [-0.39, 0.29) is 5.91 Å². The van der Waals surface area contributed by atoms with Crippen LogP contribution in [0.25, 0.3) is 22.3 Å². The molecule has 0 aromatic carbocycles. The van der Waals surface area contributed by atoms with Crippen LogP contribution < -0.4 is 5.32 Å². The van der Waals surface area contributed by atoms with Gasteiger partial charge in [-0.15, -0.1) is 11.3 Å². The van der Waals surface area contributed by atoms with Crippen LogP contribution in [-0.2, 0) is 4.79 Å². The first-order valence-electron chi connectivity index (χ1n) is 10.1. The summed E-state index contributed by atoms with van der Waals surface area (Å²) in [6.07, 6.45) is 3.29. The van der Waals surface area contributed by atoms with Gasteiger partial charge in [0, 0.05) is 43.7 Å². The fourth-order valence-corrected chi connectivity index (χ4v) is 4.02. The number of carbonyl (C=O) groups excluding carboxylic acids is 1. The number of carbonyl (C=O) groups is 1. The van der Waals surface area contributed by atoms with E-state index in [9.17, 15) is 4.79 Å². The third-order valence-corrected chi connectivity index (χ3v) is 5.87. The SMILES string of the molecule is Cc1ccc(-c2nc(NC(=O)CCN3CCCN(C)CC3)cc(-c3nccs3)n2)o1. The molecule has 1 fully saturated rings. The molecular weight excluding hydrogens is 400 g/mol. The van der Waals surface area contributed by atoms with Gasteiger partial charge in [-0.3, -0.25) is 4.79 Å². The molecular formula is C21H26N6O2S. The molecule has 1 saturated heterocycles. The van der Waals surface area contributed by atoms with Crippen molar-refractivity contribution in [3.63, 3.8) is 0 Å². The Morgan fingerprint density at radius 3 is 2.90 bits per heavy atom. The summed E-state index contributed by atoms with van der Waals surface area (Å²) in [7, 11) is 2.14. The van der Waals surface area contributed by atoms with E-state index in [4.69, 9.17) is 4.42 Å². The number of amides is 1. The Morgan fingerprint density at radius 2 is 2.13 bits per heavy atom. The number of aromatic nitrogens is 3. The zero-order valence-electron chi connectivity index (χ0n) is 17.3. The quantitative estimate of drug-likeness (QED) is 0.648. The van der Waals surface area contributed by atoms with E-state index in [2.05, 4.69) is 37.1 Å². The summed E-state index contributed by atoms with van der Waals surface area (Å²) in [4.78, 5) is 30.7. The summed E-state index contributed by atoms with van der Waals surface area (Å²) in [6.45, 7) is 6.79. The van der Waals surface area contributed by atoms with Crippen molar-refractivity contribution in [3.05, 3.63) is 35.5 Å². The number of aryl methyl sites for hydroxylation is 1. The molecule has 0 aliphatic carbocycles. The van der Waals surface area contributed by atoms with Gasteiger partial charge in [0.1, 0.15) is 22.3 Å². The summed E-state index contributed by atoms with van der Waals surface area (Å²) in [6, 6.07) is 5.46. The highest BCUT2D eigenvalue weighted by Gasteiger charge is 2.16. The second-order valence-corrected chi connectivity index (χ2v) is 8.40. The van der Waals surface area contributed by atoms with Crippen molar-refractivity contribution in [2.45, 2.75) is 19.8 Å². The Balaban J connectivity index is 1.47. The zero-order valence-corrected chi connectivity index (χ0v) is 18.1. The predicted octanol–water partition coefficient (Wildman–Crippen LogP) is 3.13. The number of thiazole rings is 1. The highest BCUT2D eigenvalue weighted by molar-refractivity contribution is 7.13. The van der Waals surface area contributed by atoms with Crippen molar-refractivity contribution in [2.24, 2.45) is 0 Å². The molecule has 0 radical (unpaired) electrons. The van der Waals surface area contributed by atoms with Crippen molar-refractivity contribution < 1.29 is 9.21 Å². The first kappa shape index (κ1) is 20.6. The Labute approximate surface area is 180 Å². The number of nitrogens with zero attached hydrogens (tertiary/aromatic N) is 5. The van der Waals surface area contributed by atoms with Crippen molar-refractivity contribution >= 4 is 23.1 Å². The fourth-order valence-electron chi connectivity index (χ4n) is 3.42. The van der Waals surface area contributed by atoms with Gasteiger partial charge < -0.3 is 19.5 Å². The lowest BCUT2D eigenvalue weighted by molar-refractivity contribution is -0.116. The molecule has 3 aromatic rings. The topological polar surface area (TPSA) is 87.4 Å². The van der Waals surface area contributed by atoms with Crippen molar-refractivity contribution in [1.82, 2.24) is 24.8 Å². The van der Waals surface area contributed by atoms with E-state index in [1.807, 2.05) is 24.4 Å². The Morgan fingerprint density at radius 1 is 1.23 bits per heavy atom. The molecule has 0 atom stereocenters. The minimum Gasteiger partial charge on any atom is -0.458 e. The average molecular weight is 427 g/mol. The first-order chi connectivity index (χ1) is 14.6. The molecule has 1 aliphatic heterocycles. The van der Waals surface area contributed by atoms with Gasteiger partial charge in [0.05, 0.1) is 0 Å². The van der Waals surface area contributed by atoms with Crippen LogP contribution in [0.4, 0.5) is 5.82 Å². The summed E-state index contributed by atoms with van der Waals surface area (Å²) in [5, 5.41) is 5.60. The number of hydrogen-bond acceptors (Lipinski definition) is 8. The van der Waals surface area contributed by atoms with E-state index in [0.29, 0.717) is 29.5 Å². The van der Waals surface area contributed by atoms with Gasteiger partial charge in [-0.25, -0.2) is 15.0 Å². The normalized spacial score (nSPS) is 15.8. The van der Waals surface area contributed by atoms with Crippen LogP contribution in [0.2, 0.25) is 0 Å². The van der Waals surface area contributed by atoms with Gasteiger partial charge >= 0.3 is 0 Å². The average Bonchev–Trinajstić information content (AvgIpc) is 3.37. The lowest BCUT2D eigenvalue weighted by atomic mass is 10.3. The molecule has 1 N–H and O–H groups in total. The third-order valence-electron chi connectivity index (χ3n) is 5.07. The van der Waals surface area contributed by atoms with Gasteiger partial charge in [-0.05, 0) is 45.6 Å². The van der Waals surface area contributed by atoms with Crippen molar-refractivity contribution in [2.75, 3.05) is 45.1 Å². The standard InChI is InChI=1S/C21H26N6O2S/c1-15-4-5-17(29-15)20-23-16(21-22-7-13-30-21)14-18(25-20)24-19(28)6-10-27-9-3-8-26(2)11-12-27/h4-5,7,13-14H,3,6,8-12H2,1-2H3,(H,23,24,25,28). The van der Waals surface area contributed by atoms with Gasteiger partial charge in [0.15, 0.2) is 11.6 Å². The predicted molar refractivity (Wildman–Crippen MR) is 117 cm³/mol. The fraction of sp³-hybridized carbons (Fsp3) is 0.429. The molecule has 0 unspecified atom stereocenters. The zero-order chi connectivity index (χ0) is 20.9. The number of likely N-dealkylation sites (N-methyl/N-ethyl adjacent to an activating group) is 1. The lowest BCUT2D eigenvalue weighted by Gasteiger charge is -2.19. The highest BCUT2D eigenvalue weighted by atomic mass is 32.1. The van der Waals surface area contributed by atoms with Gasteiger partial charge in [0.25, 0.3) is 0 Å². The van der Waals surface area contributed by atoms with E-state index in [0.717, 1.165) is 49.9 Å². The molecule has 0 bridgehead atoms. The molecule has 9 heteroatoms. The molecule has 8 nitrogen and oxygen atoms in total. The molecule has 0 saturated carbocycles. The van der Waals surface area contributed by atoms with Gasteiger partial charge in [-0.1, -0.05) is 0 Å². The minimum atomic E-state index is -0.0574. The van der Waals surface area contributed by atoms with Crippen LogP contribution in [-0.4, -0.2) is 70.4 Å². The molecule has 4 heterocycles. The van der Waals surface area contributed by atoms with Crippen molar-refractivity contribution in [3.8, 4) is 22.3 Å². The second kappa shape index (κ2) is 9.46. The first-order valence-corrected chi connectivity index (χ1v) is 11.0. The number of hydrogen-bond donors (Lipinski definition) is 1. The molecule has 3 aromatic heterocycles. The van der Waals surface area contributed by atoms with Gasteiger partial charge in [0.2, 0.25) is 5.91 Å². The molecule has 0 spiro atoms. The second-order valence-electron chi connectivity index (χ2n) is 7.51. The van der Waals surface area contributed by atoms with E-state index in [1.165, 1.54) is 11.3 Å².